The number of rotatable bonds is 7. The van der Waals surface area contributed by atoms with Gasteiger partial charge in [0.1, 0.15) is 0 Å². The molecule has 0 radical (unpaired) electrons. The summed E-state index contributed by atoms with van der Waals surface area (Å²) < 4.78 is 35.0. The third kappa shape index (κ3) is 4.51. The van der Waals surface area contributed by atoms with E-state index in [1.54, 1.807) is 40.3 Å². The number of nitrogens with zero attached hydrogens (tertiary/aromatic N) is 5. The number of hydrogen-bond donors (Lipinski definition) is 0. The minimum Gasteiger partial charge on any atom is -0.350 e. The molecule has 3 aromatic heterocycles. The molecular weight excluding hydrogens is 546 g/mol. The van der Waals surface area contributed by atoms with Gasteiger partial charge in [0.05, 0.1) is 22.3 Å². The molecule has 1 saturated carbocycles. The van der Waals surface area contributed by atoms with Gasteiger partial charge in [0.15, 0.2) is 0 Å². The molecule has 2 aromatic carbocycles. The predicted molar refractivity (Wildman–Crippen MR) is 164 cm³/mol. The van der Waals surface area contributed by atoms with Gasteiger partial charge in [0, 0.05) is 61.6 Å². The van der Waals surface area contributed by atoms with Crippen LogP contribution in [0.5, 0.6) is 0 Å². The van der Waals surface area contributed by atoms with Gasteiger partial charge in [-0.1, -0.05) is 30.3 Å². The van der Waals surface area contributed by atoms with Crippen LogP contribution < -0.4 is 5.56 Å². The molecule has 0 N–H and O–H groups in total. The molecule has 0 spiro atoms. The molecule has 8 nitrogen and oxygen atoms in total. The van der Waals surface area contributed by atoms with Crippen molar-refractivity contribution in [3.63, 3.8) is 0 Å². The number of hydrogen-bond acceptors (Lipinski definition) is 4. The monoisotopic (exact) mass is 581 g/mol. The molecule has 2 fully saturated rings. The van der Waals surface area contributed by atoms with Crippen molar-refractivity contribution in [2.45, 2.75) is 55.4 Å². The molecule has 7 rings (SSSR count). The van der Waals surface area contributed by atoms with E-state index in [0.29, 0.717) is 24.0 Å². The highest BCUT2D eigenvalue weighted by molar-refractivity contribution is 7.89. The van der Waals surface area contributed by atoms with Crippen LogP contribution in [0.25, 0.3) is 16.6 Å². The summed E-state index contributed by atoms with van der Waals surface area (Å²) in [5, 5.41) is 5.65. The molecule has 1 saturated heterocycles. The van der Waals surface area contributed by atoms with E-state index in [9.17, 15) is 13.2 Å². The summed E-state index contributed by atoms with van der Waals surface area (Å²) in [6, 6.07) is 20.2. The third-order valence-electron chi connectivity index (χ3n) is 9.33. The van der Waals surface area contributed by atoms with E-state index in [0.717, 1.165) is 53.4 Å². The number of sulfonamides is 1. The third-order valence-corrected chi connectivity index (χ3v) is 11.2. The first kappa shape index (κ1) is 26.9. The quantitative estimate of drug-likeness (QED) is 0.267. The van der Waals surface area contributed by atoms with E-state index in [1.165, 1.54) is 12.0 Å². The average molecular weight is 582 g/mol. The van der Waals surface area contributed by atoms with E-state index in [2.05, 4.69) is 40.9 Å². The van der Waals surface area contributed by atoms with Crippen LogP contribution in [0.4, 0.5) is 0 Å². The first-order chi connectivity index (χ1) is 20.2. The predicted octanol–water partition coefficient (Wildman–Crippen LogP) is 5.13. The second-order valence-electron chi connectivity index (χ2n) is 12.0. The largest absolute Gasteiger partial charge is 0.350 e. The standard InChI is InChI=1S/C33H35N5O3S/c1-24-17-31-26(20-34-38(31)28-11-12-32(39)35(2)21-28)18-30(24)33(19-25-7-4-3-5-8-25)14-16-37(23-33)42(40,41)29-13-15-36(22-29)27-9-6-10-27/h3-5,7-8,11-13,15,17-18,20-22,27H,6,9-10,14,16,19,23H2,1-2H3. The van der Waals surface area contributed by atoms with E-state index < -0.39 is 10.0 Å². The summed E-state index contributed by atoms with van der Waals surface area (Å²) in [5.74, 6) is 0. The maximum atomic E-state index is 13.9. The van der Waals surface area contributed by atoms with Crippen molar-refractivity contribution in [3.05, 3.63) is 112 Å². The molecule has 1 atom stereocenters. The van der Waals surface area contributed by atoms with Gasteiger partial charge in [0.25, 0.3) is 0 Å². The fraction of sp³-hybridized carbons (Fsp3) is 0.333. The number of aryl methyl sites for hydroxylation is 2. The molecule has 9 heteroatoms. The van der Waals surface area contributed by atoms with Gasteiger partial charge in [-0.25, -0.2) is 13.1 Å². The summed E-state index contributed by atoms with van der Waals surface area (Å²) in [4.78, 5) is 12.3. The first-order valence-electron chi connectivity index (χ1n) is 14.6. The van der Waals surface area contributed by atoms with Crippen molar-refractivity contribution in [3.8, 4) is 5.69 Å². The summed E-state index contributed by atoms with van der Waals surface area (Å²) in [6.07, 6.45) is 12.3. The van der Waals surface area contributed by atoms with Crippen molar-refractivity contribution in [2.24, 2.45) is 7.05 Å². The van der Waals surface area contributed by atoms with E-state index in [4.69, 9.17) is 0 Å². The zero-order chi connectivity index (χ0) is 29.1. The first-order valence-corrected chi connectivity index (χ1v) is 16.1. The van der Waals surface area contributed by atoms with Crippen LogP contribution in [0.2, 0.25) is 0 Å². The van der Waals surface area contributed by atoms with Crippen LogP contribution in [0.3, 0.4) is 0 Å². The van der Waals surface area contributed by atoms with Gasteiger partial charge in [-0.2, -0.15) is 9.40 Å². The zero-order valence-corrected chi connectivity index (χ0v) is 24.8. The average Bonchev–Trinajstić information content (AvgIpc) is 3.69. The molecular formula is C33H35N5O3S. The Morgan fingerprint density at radius 3 is 2.57 bits per heavy atom. The SMILES string of the molecule is Cc1cc2c(cnn2-c2ccc(=O)n(C)c2)cc1C1(Cc2ccccc2)CCN(S(=O)(=O)c2ccn(C3CCC3)c2)C1. The fourth-order valence-electron chi connectivity index (χ4n) is 6.75. The lowest BCUT2D eigenvalue weighted by Crippen LogP contribution is -2.36. The minimum atomic E-state index is -3.63. The van der Waals surface area contributed by atoms with Crippen molar-refractivity contribution in [1.29, 1.82) is 0 Å². The van der Waals surface area contributed by atoms with E-state index in [-0.39, 0.29) is 11.0 Å². The van der Waals surface area contributed by atoms with Gasteiger partial charge < -0.3 is 9.13 Å². The molecule has 1 unspecified atom stereocenters. The summed E-state index contributed by atoms with van der Waals surface area (Å²) in [7, 11) is -1.90. The van der Waals surface area contributed by atoms with Crippen molar-refractivity contribution < 1.29 is 8.42 Å². The van der Waals surface area contributed by atoms with Crippen molar-refractivity contribution >= 4 is 20.9 Å². The van der Waals surface area contributed by atoms with Crippen LogP contribution in [0, 0.1) is 6.92 Å². The van der Waals surface area contributed by atoms with Crippen LogP contribution in [-0.2, 0) is 28.9 Å². The van der Waals surface area contributed by atoms with E-state index in [1.807, 2.05) is 41.5 Å². The smallest absolute Gasteiger partial charge is 0.250 e. The Kier molecular flexibility index (Phi) is 6.47. The molecule has 42 heavy (non-hydrogen) atoms. The highest BCUT2D eigenvalue weighted by Gasteiger charge is 2.45. The van der Waals surface area contributed by atoms with Gasteiger partial charge in [0.2, 0.25) is 15.6 Å². The summed E-state index contributed by atoms with van der Waals surface area (Å²) in [5.41, 5.74) is 4.74. The molecule has 4 heterocycles. The molecule has 0 amide bonds. The highest BCUT2D eigenvalue weighted by Crippen LogP contribution is 2.43. The van der Waals surface area contributed by atoms with E-state index >= 15 is 0 Å². The Balaban J connectivity index is 1.28. The zero-order valence-electron chi connectivity index (χ0n) is 24.0. The van der Waals surface area contributed by atoms with Gasteiger partial charge in [-0.15, -0.1) is 0 Å². The van der Waals surface area contributed by atoms with Gasteiger partial charge >= 0.3 is 0 Å². The van der Waals surface area contributed by atoms with Crippen LogP contribution in [0.15, 0.2) is 95.1 Å². The van der Waals surface area contributed by atoms with Gasteiger partial charge in [-0.3, -0.25) is 4.79 Å². The Labute approximate surface area is 245 Å². The number of aromatic nitrogens is 4. The van der Waals surface area contributed by atoms with Crippen LogP contribution in [-0.4, -0.2) is 44.7 Å². The lowest BCUT2D eigenvalue weighted by atomic mass is 9.73. The maximum absolute atomic E-state index is 13.9. The molecule has 1 aliphatic carbocycles. The lowest BCUT2D eigenvalue weighted by Gasteiger charge is -2.32. The second-order valence-corrected chi connectivity index (χ2v) is 14.0. The Morgan fingerprint density at radius 2 is 1.83 bits per heavy atom. The molecule has 2 aliphatic rings. The summed E-state index contributed by atoms with van der Waals surface area (Å²) >= 11 is 0. The molecule has 0 bridgehead atoms. The minimum absolute atomic E-state index is 0.0723. The lowest BCUT2D eigenvalue weighted by molar-refractivity contribution is 0.313. The number of pyridine rings is 1. The second kappa shape index (κ2) is 10.1. The van der Waals surface area contributed by atoms with Crippen molar-refractivity contribution in [1.82, 2.24) is 23.2 Å². The number of fused-ring (bicyclic) bond motifs is 1. The summed E-state index contributed by atoms with van der Waals surface area (Å²) in [6.45, 7) is 2.99. The molecule has 1 aliphatic heterocycles. The van der Waals surface area contributed by atoms with Crippen LogP contribution in [0.1, 0.15) is 48.4 Å². The number of benzene rings is 2. The fourth-order valence-corrected chi connectivity index (χ4v) is 8.29. The Bertz CT molecular complexity index is 1950. The highest BCUT2D eigenvalue weighted by atomic mass is 32.2. The van der Waals surface area contributed by atoms with Crippen molar-refractivity contribution in [2.75, 3.05) is 13.1 Å². The Morgan fingerprint density at radius 1 is 1.02 bits per heavy atom. The topological polar surface area (TPSA) is 82.1 Å². The van der Waals surface area contributed by atoms with Crippen LogP contribution >= 0.6 is 0 Å². The maximum Gasteiger partial charge on any atom is 0.250 e. The normalized spacial score (nSPS) is 19.9. The van der Waals surface area contributed by atoms with Gasteiger partial charge in [-0.05, 0) is 80.0 Å². The molecule has 5 aromatic rings. The Hall–Kier alpha value is -3.95. The molecule has 216 valence electrons.